The summed E-state index contributed by atoms with van der Waals surface area (Å²) in [5.41, 5.74) is 0.137. The van der Waals surface area contributed by atoms with Crippen LogP contribution in [0.1, 0.15) is 11.1 Å². The van der Waals surface area contributed by atoms with Gasteiger partial charge in [-0.05, 0) is 24.6 Å². The van der Waals surface area contributed by atoms with Gasteiger partial charge in [0.25, 0.3) is 0 Å². The zero-order valence-electron chi connectivity index (χ0n) is 15.7. The van der Waals surface area contributed by atoms with E-state index in [9.17, 15) is 22.2 Å². The highest BCUT2D eigenvalue weighted by molar-refractivity contribution is 7.88. The first kappa shape index (κ1) is 22.4. The Morgan fingerprint density at radius 3 is 2.31 bits per heavy atom. The molecule has 0 unspecified atom stereocenters. The van der Waals surface area contributed by atoms with Gasteiger partial charge in [-0.2, -0.15) is 13.2 Å². The number of benzene rings is 2. The second-order valence-electron chi connectivity index (χ2n) is 6.05. The molecular formula is C21H20F3NO3S. The first-order valence-electron chi connectivity index (χ1n) is 8.57. The largest absolute Gasteiger partial charge is 0.444 e. The molecule has 0 heterocycles. The minimum atomic E-state index is -4.92. The fourth-order valence-corrected chi connectivity index (χ4v) is 3.33. The summed E-state index contributed by atoms with van der Waals surface area (Å²) >= 11 is 0. The van der Waals surface area contributed by atoms with E-state index in [4.69, 9.17) is 4.74 Å². The minimum Gasteiger partial charge on any atom is -0.444 e. The summed E-state index contributed by atoms with van der Waals surface area (Å²) in [5, 5.41) is 0.512. The van der Waals surface area contributed by atoms with Crippen LogP contribution >= 0.6 is 0 Å². The number of alkyl halides is 3. The number of hydrogen-bond acceptors (Lipinski definition) is 3. The van der Waals surface area contributed by atoms with E-state index in [1.54, 1.807) is 49.4 Å². The molecule has 0 aliphatic carbocycles. The number of halogens is 3. The summed E-state index contributed by atoms with van der Waals surface area (Å²) < 4.78 is 58.5. The van der Waals surface area contributed by atoms with Crippen LogP contribution in [0.2, 0.25) is 0 Å². The Balaban J connectivity index is 2.29. The van der Waals surface area contributed by atoms with E-state index in [1.807, 2.05) is 0 Å². The van der Waals surface area contributed by atoms with Gasteiger partial charge >= 0.3 is 12.3 Å². The zero-order chi connectivity index (χ0) is 21.4. The molecule has 0 fully saturated rings. The summed E-state index contributed by atoms with van der Waals surface area (Å²) in [6.07, 6.45) is -4.99. The summed E-state index contributed by atoms with van der Waals surface area (Å²) in [4.78, 5) is 12.9. The molecule has 154 valence electrons. The van der Waals surface area contributed by atoms with E-state index in [1.165, 1.54) is 12.1 Å². The molecule has 1 atom stereocenters. The zero-order valence-corrected chi connectivity index (χ0v) is 16.5. The molecule has 4 nitrogen and oxygen atoms in total. The maximum Gasteiger partial charge on any atom is 0.432 e. The van der Waals surface area contributed by atoms with E-state index in [-0.39, 0.29) is 11.5 Å². The lowest BCUT2D eigenvalue weighted by Gasteiger charge is -2.25. The molecule has 0 saturated heterocycles. The van der Waals surface area contributed by atoms with Crippen molar-refractivity contribution in [3.8, 4) is 0 Å². The summed E-state index contributed by atoms with van der Waals surface area (Å²) in [6, 6.07) is 14.8. The maximum absolute atomic E-state index is 13.7. The van der Waals surface area contributed by atoms with E-state index in [0.717, 1.165) is 11.6 Å². The predicted molar refractivity (Wildman–Crippen MR) is 105 cm³/mol. The van der Waals surface area contributed by atoms with Crippen LogP contribution in [0.25, 0.3) is 0 Å². The van der Waals surface area contributed by atoms with Crippen LogP contribution in [-0.4, -0.2) is 27.9 Å². The molecule has 2 aromatic carbocycles. The lowest BCUT2D eigenvalue weighted by Crippen LogP contribution is -2.37. The van der Waals surface area contributed by atoms with Crippen molar-refractivity contribution in [2.75, 3.05) is 6.54 Å². The topological polar surface area (TPSA) is 46.6 Å². The number of hydrogen-bond donors (Lipinski definition) is 0. The number of aryl methyl sites for hydroxylation is 1. The van der Waals surface area contributed by atoms with Gasteiger partial charge in [0.1, 0.15) is 12.3 Å². The number of ether oxygens (including phenoxy) is 1. The Bertz CT molecular complexity index is 894. The maximum atomic E-state index is 13.7. The Hall–Kier alpha value is -2.87. The molecule has 0 spiro atoms. The number of carbonyl (C=O) groups is 1. The van der Waals surface area contributed by atoms with E-state index < -0.39 is 35.3 Å². The van der Waals surface area contributed by atoms with Crippen molar-refractivity contribution >= 4 is 16.9 Å². The van der Waals surface area contributed by atoms with Crippen LogP contribution in [-0.2, 0) is 22.1 Å². The Kier molecular flexibility index (Phi) is 7.78. The fraction of sp³-hybridized carbons (Fsp3) is 0.190. The molecule has 0 saturated carbocycles. The van der Waals surface area contributed by atoms with Crippen LogP contribution < -0.4 is 0 Å². The standard InChI is InChI=1S/C21H20F3NO3S/c1-3-13-25(20(26)28-14-17-7-5-4-6-8-17)19(21(22,23)24)15-29(27)18-11-9-16(2)10-12-18/h3-12,15H,1,13-14H2,2H3/b19-15-/t29-/m1/s1. The van der Waals surface area contributed by atoms with Gasteiger partial charge in [0.05, 0.1) is 10.8 Å². The monoisotopic (exact) mass is 423 g/mol. The van der Waals surface area contributed by atoms with Crippen LogP contribution in [0.4, 0.5) is 18.0 Å². The summed E-state index contributed by atoms with van der Waals surface area (Å²) in [7, 11) is -2.11. The Morgan fingerprint density at radius 1 is 1.14 bits per heavy atom. The lowest BCUT2D eigenvalue weighted by molar-refractivity contribution is -0.108. The van der Waals surface area contributed by atoms with Gasteiger partial charge in [0.15, 0.2) is 0 Å². The first-order valence-corrected chi connectivity index (χ1v) is 9.79. The smallest absolute Gasteiger partial charge is 0.432 e. The normalized spacial score (nSPS) is 12.9. The third-order valence-corrected chi connectivity index (χ3v) is 4.96. The number of allylic oxidation sites excluding steroid dienone is 1. The van der Waals surface area contributed by atoms with Crippen LogP contribution in [0.15, 0.2) is 83.3 Å². The summed E-state index contributed by atoms with van der Waals surface area (Å²) in [5.74, 6) is 0. The SMILES string of the molecule is C=CCN(C(=O)OCc1ccccc1)/C(=C\[S@@](=O)c1ccc(C)cc1)C(F)(F)F. The molecule has 0 bridgehead atoms. The average molecular weight is 423 g/mol. The predicted octanol–water partition coefficient (Wildman–Crippen LogP) is 5.33. The minimum absolute atomic E-state index is 0.188. The van der Waals surface area contributed by atoms with Gasteiger partial charge in [-0.1, -0.05) is 54.1 Å². The van der Waals surface area contributed by atoms with E-state index in [0.29, 0.717) is 15.9 Å². The molecule has 0 aromatic heterocycles. The molecular weight excluding hydrogens is 403 g/mol. The van der Waals surface area contributed by atoms with Gasteiger partial charge in [0.2, 0.25) is 0 Å². The van der Waals surface area contributed by atoms with Gasteiger partial charge < -0.3 is 4.74 Å². The first-order chi connectivity index (χ1) is 13.7. The highest BCUT2D eigenvalue weighted by atomic mass is 32.2. The van der Waals surface area contributed by atoms with Crippen molar-refractivity contribution < 1.29 is 26.9 Å². The summed E-state index contributed by atoms with van der Waals surface area (Å²) in [6.45, 7) is 4.55. The van der Waals surface area contributed by atoms with Crippen LogP contribution in [0.3, 0.4) is 0 Å². The molecule has 0 aliphatic rings. The third kappa shape index (κ3) is 6.60. The molecule has 29 heavy (non-hydrogen) atoms. The van der Waals surface area contributed by atoms with Crippen molar-refractivity contribution in [2.45, 2.75) is 24.6 Å². The van der Waals surface area contributed by atoms with E-state index >= 15 is 0 Å². The third-order valence-electron chi connectivity index (χ3n) is 3.79. The van der Waals surface area contributed by atoms with Gasteiger partial charge in [-0.15, -0.1) is 6.58 Å². The molecule has 1 amide bonds. The van der Waals surface area contributed by atoms with Crippen LogP contribution in [0.5, 0.6) is 0 Å². The molecule has 0 radical (unpaired) electrons. The highest BCUT2D eigenvalue weighted by Crippen LogP contribution is 2.30. The molecule has 0 N–H and O–H groups in total. The number of carbonyl (C=O) groups excluding carboxylic acids is 1. The fourth-order valence-electron chi connectivity index (χ4n) is 2.32. The van der Waals surface area contributed by atoms with E-state index in [2.05, 4.69) is 6.58 Å². The molecule has 0 aliphatic heterocycles. The number of nitrogens with zero attached hydrogens (tertiary/aromatic N) is 1. The molecule has 2 rings (SSSR count). The second kappa shape index (κ2) is 10.1. The van der Waals surface area contributed by atoms with Crippen LogP contribution in [0, 0.1) is 6.92 Å². The van der Waals surface area contributed by atoms with Crippen molar-refractivity contribution in [1.29, 1.82) is 0 Å². The number of rotatable bonds is 7. The lowest BCUT2D eigenvalue weighted by atomic mass is 10.2. The average Bonchev–Trinajstić information content (AvgIpc) is 2.69. The van der Waals surface area contributed by atoms with Gasteiger partial charge in [-0.25, -0.2) is 9.00 Å². The highest BCUT2D eigenvalue weighted by Gasteiger charge is 2.41. The quantitative estimate of drug-likeness (QED) is 0.566. The van der Waals surface area contributed by atoms with Crippen molar-refractivity contribution in [1.82, 2.24) is 4.90 Å². The number of amides is 1. The van der Waals surface area contributed by atoms with Crippen molar-refractivity contribution in [3.63, 3.8) is 0 Å². The Morgan fingerprint density at radius 2 is 1.76 bits per heavy atom. The Labute approximate surface area is 169 Å². The second-order valence-corrected chi connectivity index (χ2v) is 7.35. The van der Waals surface area contributed by atoms with Crippen molar-refractivity contribution in [3.05, 3.63) is 89.5 Å². The molecule has 2 aromatic rings. The van der Waals surface area contributed by atoms with Gasteiger partial charge in [-0.3, -0.25) is 4.90 Å². The molecule has 8 heteroatoms. The van der Waals surface area contributed by atoms with Gasteiger partial charge in [0, 0.05) is 16.8 Å². The van der Waals surface area contributed by atoms with Crippen molar-refractivity contribution in [2.24, 2.45) is 0 Å².